The first kappa shape index (κ1) is 38.7. The Hall–Kier alpha value is -3.46. The molecular formula is C31H47N5O8S2. The Morgan fingerprint density at radius 1 is 1.20 bits per heavy atom. The molecule has 4 N–H and O–H groups in total. The van der Waals surface area contributed by atoms with Gasteiger partial charge >= 0.3 is 12.1 Å². The monoisotopic (exact) mass is 681 g/mol. The van der Waals surface area contributed by atoms with E-state index in [0.29, 0.717) is 17.2 Å². The third-order valence-corrected chi connectivity index (χ3v) is 8.38. The number of thioether (sulfide) groups is 1. The van der Waals surface area contributed by atoms with E-state index in [2.05, 4.69) is 26.3 Å². The van der Waals surface area contributed by atoms with E-state index >= 15 is 0 Å². The van der Waals surface area contributed by atoms with Crippen molar-refractivity contribution in [3.05, 3.63) is 28.2 Å². The maximum atomic E-state index is 13.3. The summed E-state index contributed by atoms with van der Waals surface area (Å²) < 4.78 is 11.0. The van der Waals surface area contributed by atoms with Crippen molar-refractivity contribution in [1.29, 1.82) is 0 Å². The van der Waals surface area contributed by atoms with Crippen molar-refractivity contribution in [2.45, 2.75) is 111 Å². The fourth-order valence-electron chi connectivity index (χ4n) is 4.02. The first-order valence-electron chi connectivity index (χ1n) is 15.2. The first-order valence-corrected chi connectivity index (χ1v) is 17.0. The zero-order valence-electron chi connectivity index (χ0n) is 28.0. The van der Waals surface area contributed by atoms with Crippen molar-refractivity contribution < 1.29 is 38.2 Å². The molecule has 1 aromatic heterocycles. The summed E-state index contributed by atoms with van der Waals surface area (Å²) in [5, 5.41) is 12.5. The van der Waals surface area contributed by atoms with Crippen molar-refractivity contribution in [2.75, 3.05) is 5.75 Å². The molecule has 2 rings (SSSR count). The van der Waals surface area contributed by atoms with Crippen LogP contribution >= 0.6 is 23.1 Å². The van der Waals surface area contributed by atoms with E-state index in [1.165, 1.54) is 30.6 Å². The van der Waals surface area contributed by atoms with Crippen LogP contribution in [0, 0.1) is 11.8 Å². The average Bonchev–Trinajstić information content (AvgIpc) is 3.40. The molecule has 46 heavy (non-hydrogen) atoms. The van der Waals surface area contributed by atoms with Gasteiger partial charge in [-0.1, -0.05) is 45.5 Å². The fraction of sp³-hybridized carbons (Fsp3) is 0.645. The third kappa shape index (κ3) is 12.7. The van der Waals surface area contributed by atoms with Crippen LogP contribution in [0.5, 0.6) is 0 Å². The average molecular weight is 682 g/mol. The van der Waals surface area contributed by atoms with Crippen molar-refractivity contribution in [3.63, 3.8) is 0 Å². The summed E-state index contributed by atoms with van der Waals surface area (Å²) in [6.07, 6.45) is 1.87. The van der Waals surface area contributed by atoms with Crippen LogP contribution in [0.15, 0.2) is 17.5 Å². The minimum absolute atomic E-state index is 0.0623. The molecule has 0 spiro atoms. The van der Waals surface area contributed by atoms with Crippen molar-refractivity contribution in [1.82, 2.24) is 26.3 Å². The summed E-state index contributed by atoms with van der Waals surface area (Å²) in [5.41, 5.74) is -1.96. The third-order valence-electron chi connectivity index (χ3n) is 6.55. The van der Waals surface area contributed by atoms with Gasteiger partial charge in [-0.15, -0.1) is 11.3 Å². The second-order valence-corrected chi connectivity index (χ2v) is 15.2. The summed E-state index contributed by atoms with van der Waals surface area (Å²) in [5.74, 6) is -2.46. The smallest absolute Gasteiger partial charge is 0.408 e. The topological polar surface area (TPSA) is 182 Å². The number of thiazole rings is 1. The van der Waals surface area contributed by atoms with E-state index < -0.39 is 59.1 Å². The van der Waals surface area contributed by atoms with Crippen molar-refractivity contribution in [3.8, 4) is 0 Å². The molecule has 4 amide bonds. The molecular weight excluding hydrogens is 635 g/mol. The predicted molar refractivity (Wildman–Crippen MR) is 176 cm³/mol. The van der Waals surface area contributed by atoms with Gasteiger partial charge in [-0.25, -0.2) is 14.6 Å². The van der Waals surface area contributed by atoms with Gasteiger partial charge in [0.05, 0.1) is 13.0 Å². The number of hydrogen-bond acceptors (Lipinski definition) is 11. The highest BCUT2D eigenvalue weighted by Gasteiger charge is 2.36. The molecule has 1 aliphatic rings. The second-order valence-electron chi connectivity index (χ2n) is 13.1. The van der Waals surface area contributed by atoms with Crippen LogP contribution in [-0.2, 0) is 35.2 Å². The molecule has 0 unspecified atom stereocenters. The number of carbonyl (C=O) groups excluding carboxylic acids is 6. The van der Waals surface area contributed by atoms with Gasteiger partial charge in [0.15, 0.2) is 0 Å². The number of carbonyl (C=O) groups is 6. The number of amides is 4. The molecule has 2 heterocycles. The Kier molecular flexibility index (Phi) is 14.2. The number of alkyl carbamates (subject to hydrolysis) is 1. The number of nitrogens with zero attached hydrogens (tertiary/aromatic N) is 1. The van der Waals surface area contributed by atoms with Crippen LogP contribution in [0.2, 0.25) is 0 Å². The van der Waals surface area contributed by atoms with Crippen LogP contribution < -0.4 is 21.3 Å². The predicted octanol–water partition coefficient (Wildman–Crippen LogP) is 3.48. The summed E-state index contributed by atoms with van der Waals surface area (Å²) in [6, 6.07) is -1.79. The van der Waals surface area contributed by atoms with Crippen LogP contribution in [0.4, 0.5) is 4.79 Å². The maximum absolute atomic E-state index is 13.3. The number of cyclic esters (lactones) is 1. The molecule has 1 aromatic rings. The molecule has 256 valence electrons. The summed E-state index contributed by atoms with van der Waals surface area (Å²) >= 11 is 2.24. The highest BCUT2D eigenvalue weighted by molar-refractivity contribution is 8.13. The van der Waals surface area contributed by atoms with Gasteiger partial charge in [0.2, 0.25) is 16.9 Å². The number of hydrogen-bond donors (Lipinski definition) is 4. The van der Waals surface area contributed by atoms with Gasteiger partial charge in [-0.3, -0.25) is 19.2 Å². The lowest BCUT2D eigenvalue weighted by molar-refractivity contribution is -0.153. The number of nitrogens with one attached hydrogen (secondary N) is 4. The van der Waals surface area contributed by atoms with E-state index in [0.717, 1.165) is 11.8 Å². The molecule has 0 aliphatic carbocycles. The van der Waals surface area contributed by atoms with E-state index in [4.69, 9.17) is 9.47 Å². The number of ether oxygens (including phenoxy) is 2. The van der Waals surface area contributed by atoms with Gasteiger partial charge in [0, 0.05) is 11.1 Å². The summed E-state index contributed by atoms with van der Waals surface area (Å²) in [7, 11) is 0. The van der Waals surface area contributed by atoms with Gasteiger partial charge in [-0.2, -0.15) is 0 Å². The molecule has 13 nitrogen and oxygen atoms in total. The number of allylic oxidation sites excluding steroid dienone is 1. The second kappa shape index (κ2) is 16.9. The molecule has 0 saturated heterocycles. The van der Waals surface area contributed by atoms with Crippen LogP contribution in [0.25, 0.3) is 0 Å². The Balaban J connectivity index is 2.15. The van der Waals surface area contributed by atoms with Crippen LogP contribution in [-0.4, -0.2) is 75.0 Å². The zero-order chi connectivity index (χ0) is 34.8. The fourth-order valence-corrected chi connectivity index (χ4v) is 5.70. The molecule has 1 aliphatic heterocycles. The largest absolute Gasteiger partial charge is 0.456 e. The van der Waals surface area contributed by atoms with E-state index in [-0.39, 0.29) is 35.6 Å². The summed E-state index contributed by atoms with van der Waals surface area (Å²) in [6.45, 7) is 15.4. The molecule has 3 atom stereocenters. The number of fused-ring (bicyclic) bond motifs is 2. The molecule has 0 saturated carbocycles. The molecule has 2 bridgehead atoms. The van der Waals surface area contributed by atoms with Crippen molar-refractivity contribution >= 4 is 58.0 Å². The lowest BCUT2D eigenvalue weighted by Gasteiger charge is -2.29. The minimum Gasteiger partial charge on any atom is -0.456 e. The molecule has 0 fully saturated rings. The zero-order valence-corrected chi connectivity index (χ0v) is 29.6. The summed E-state index contributed by atoms with van der Waals surface area (Å²) in [4.78, 5) is 81.3. The molecule has 0 aromatic carbocycles. The van der Waals surface area contributed by atoms with Gasteiger partial charge in [-0.05, 0) is 59.0 Å². The standard InChI is InChI=1S/C31H47N5O8S2/c1-17(2)23-26(39)43-19(12-10-11-13-45-27(40)24(18(3)4)35-29(42)44-30(5,6)7)14-21(37)32-15-22-33-20(16-46-22)25(38)36-31(8,9)28(41)34-23/h10,12,16-19,23-24H,11,13-15H2,1-9H3,(H,32,37)(H,34,41)(H,35,42)(H,36,38)/b12-10+/t19-,23+,24-/m1/s1. The highest BCUT2D eigenvalue weighted by Crippen LogP contribution is 2.18. The van der Waals surface area contributed by atoms with E-state index in [9.17, 15) is 28.8 Å². The van der Waals surface area contributed by atoms with Gasteiger partial charge < -0.3 is 30.7 Å². The van der Waals surface area contributed by atoms with Gasteiger partial charge in [0.25, 0.3) is 5.91 Å². The Morgan fingerprint density at radius 2 is 1.87 bits per heavy atom. The van der Waals surface area contributed by atoms with Gasteiger partial charge in [0.1, 0.15) is 40.0 Å². The maximum Gasteiger partial charge on any atom is 0.408 e. The molecule has 15 heteroatoms. The highest BCUT2D eigenvalue weighted by atomic mass is 32.2. The number of aromatic nitrogens is 1. The lowest BCUT2D eigenvalue weighted by Crippen LogP contribution is -2.59. The quantitative estimate of drug-likeness (QED) is 0.180. The Bertz CT molecular complexity index is 1300. The Labute approximate surface area is 278 Å². The van der Waals surface area contributed by atoms with Crippen molar-refractivity contribution in [2.24, 2.45) is 11.8 Å². The van der Waals surface area contributed by atoms with Crippen LogP contribution in [0.3, 0.4) is 0 Å². The van der Waals surface area contributed by atoms with E-state index in [1.54, 1.807) is 46.8 Å². The molecule has 0 radical (unpaired) electrons. The number of esters is 1. The SMILES string of the molecule is CC(C)[C@@H]1NC(=O)C(C)(C)NC(=O)c2csc(n2)CNC(=O)C[C@@H](/C=C/CCSC(=O)[C@H](NC(=O)OC(C)(C)C)C(C)C)OC1=O. The lowest BCUT2D eigenvalue weighted by atomic mass is 9.99. The first-order chi connectivity index (χ1) is 21.3. The Morgan fingerprint density at radius 3 is 2.48 bits per heavy atom. The normalized spacial score (nSPS) is 20.5. The number of rotatable bonds is 8. The van der Waals surface area contributed by atoms with E-state index in [1.807, 2.05) is 13.8 Å². The minimum atomic E-state index is -1.37. The van der Waals surface area contributed by atoms with Crippen LogP contribution in [0.1, 0.15) is 90.7 Å².